The standard InChI is InChI=1S/C12H14Cl3O4P.C7H15Cl2N2O2P/c1-3-17-20(16,18-4-2)19-12(8-13)10-6-5-9(14)7-11(10)15;8-2-5-11(6-3-9)14(12)10-4-1-7-13-14/h5-8H,3-4H2,1-2H3;1-7H2,(H,10,12). The molecule has 0 radical (unpaired) electrons. The van der Waals surface area contributed by atoms with Crippen molar-refractivity contribution in [2.75, 3.05) is 51.2 Å². The highest BCUT2D eigenvalue weighted by Crippen LogP contribution is 2.53. The van der Waals surface area contributed by atoms with E-state index < -0.39 is 15.5 Å². The van der Waals surface area contributed by atoms with Crippen molar-refractivity contribution in [3.63, 3.8) is 0 Å². The van der Waals surface area contributed by atoms with Crippen LogP contribution in [-0.4, -0.2) is 55.9 Å². The van der Waals surface area contributed by atoms with Gasteiger partial charge in [0.25, 0.3) is 0 Å². The van der Waals surface area contributed by atoms with Gasteiger partial charge in [-0.3, -0.25) is 13.6 Å². The molecule has 0 bridgehead atoms. The average Bonchev–Trinajstić information content (AvgIpc) is 2.79. The molecule has 0 spiro atoms. The quantitative estimate of drug-likeness (QED) is 0.145. The number of rotatable bonds is 12. The summed E-state index contributed by atoms with van der Waals surface area (Å²) in [6, 6.07) is 4.73. The molecule has 34 heavy (non-hydrogen) atoms. The molecule has 2 rings (SSSR count). The summed E-state index contributed by atoms with van der Waals surface area (Å²) >= 11 is 28.8. The lowest BCUT2D eigenvalue weighted by atomic mass is 10.2. The van der Waals surface area contributed by atoms with Crippen molar-refractivity contribution in [2.24, 2.45) is 0 Å². The van der Waals surface area contributed by atoms with E-state index in [1.165, 1.54) is 6.07 Å². The first kappa shape index (κ1) is 32.5. The predicted molar refractivity (Wildman–Crippen MR) is 141 cm³/mol. The minimum Gasteiger partial charge on any atom is -0.402 e. The number of phosphoric ester groups is 1. The normalized spacial score (nSPS) is 19.0. The lowest BCUT2D eigenvalue weighted by Gasteiger charge is -2.33. The molecule has 1 N–H and O–H groups in total. The van der Waals surface area contributed by atoms with Gasteiger partial charge in [0.05, 0.1) is 24.8 Å². The highest BCUT2D eigenvalue weighted by atomic mass is 35.5. The van der Waals surface area contributed by atoms with Gasteiger partial charge in [-0.1, -0.05) is 34.8 Å². The minimum absolute atomic E-state index is 0.0820. The summed E-state index contributed by atoms with van der Waals surface area (Å²) in [5, 5.41) is 3.68. The molecule has 1 aliphatic heterocycles. The molecule has 1 saturated heterocycles. The van der Waals surface area contributed by atoms with Crippen molar-refractivity contribution in [3.05, 3.63) is 39.3 Å². The Morgan fingerprint density at radius 1 is 1.21 bits per heavy atom. The largest absolute Gasteiger partial charge is 0.530 e. The number of benzene rings is 1. The van der Waals surface area contributed by atoms with E-state index in [4.69, 9.17) is 76.1 Å². The van der Waals surface area contributed by atoms with Crippen LogP contribution in [0.1, 0.15) is 25.8 Å². The van der Waals surface area contributed by atoms with Crippen LogP contribution in [0.5, 0.6) is 0 Å². The fraction of sp³-hybridized carbons (Fsp3) is 0.579. The predicted octanol–water partition coefficient (Wildman–Crippen LogP) is 7.61. The van der Waals surface area contributed by atoms with Gasteiger partial charge in [0.2, 0.25) is 0 Å². The maximum absolute atomic E-state index is 12.3. The minimum atomic E-state index is -3.73. The lowest BCUT2D eigenvalue weighted by molar-refractivity contribution is 0.159. The van der Waals surface area contributed by atoms with Crippen molar-refractivity contribution >= 4 is 79.3 Å². The molecule has 0 aromatic heterocycles. The third-order valence-electron chi connectivity index (χ3n) is 4.04. The van der Waals surface area contributed by atoms with E-state index in [9.17, 15) is 9.13 Å². The zero-order chi connectivity index (χ0) is 25.6. The molecular formula is C19H29Cl5N2O6P2. The topological polar surface area (TPSA) is 86.3 Å². The fourth-order valence-electron chi connectivity index (χ4n) is 2.62. The Morgan fingerprint density at radius 2 is 1.82 bits per heavy atom. The van der Waals surface area contributed by atoms with Gasteiger partial charge in [-0.15, -0.1) is 23.2 Å². The number of hydrogen-bond acceptors (Lipinski definition) is 6. The van der Waals surface area contributed by atoms with Crippen molar-refractivity contribution in [3.8, 4) is 0 Å². The summed E-state index contributed by atoms with van der Waals surface area (Å²) in [5.74, 6) is 0.927. The first-order valence-corrected chi connectivity index (χ1v) is 15.7. The Morgan fingerprint density at radius 3 is 2.26 bits per heavy atom. The van der Waals surface area contributed by atoms with E-state index >= 15 is 0 Å². The zero-order valence-electron chi connectivity index (χ0n) is 18.9. The molecule has 15 heteroatoms. The second-order valence-electron chi connectivity index (χ2n) is 6.42. The summed E-state index contributed by atoms with van der Waals surface area (Å²) in [5.41, 5.74) is 1.55. The van der Waals surface area contributed by atoms with E-state index in [0.29, 0.717) is 47.1 Å². The van der Waals surface area contributed by atoms with E-state index in [1.807, 2.05) is 0 Å². The monoisotopic (exact) mass is 618 g/mol. The van der Waals surface area contributed by atoms with Crippen LogP contribution in [0.25, 0.3) is 5.76 Å². The molecule has 0 aliphatic carbocycles. The van der Waals surface area contributed by atoms with Gasteiger partial charge < -0.3 is 9.05 Å². The second-order valence-corrected chi connectivity index (χ2v) is 12.0. The van der Waals surface area contributed by atoms with Gasteiger partial charge in [0.1, 0.15) is 0 Å². The highest BCUT2D eigenvalue weighted by Gasteiger charge is 2.33. The van der Waals surface area contributed by atoms with Gasteiger partial charge in [-0.25, -0.2) is 14.3 Å². The Bertz CT molecular complexity index is 854. The zero-order valence-corrected chi connectivity index (χ0v) is 24.4. The molecule has 0 amide bonds. The van der Waals surface area contributed by atoms with E-state index in [2.05, 4.69) is 5.09 Å². The maximum atomic E-state index is 12.3. The maximum Gasteiger partial charge on any atom is 0.530 e. The number of halogens is 5. The van der Waals surface area contributed by atoms with Crippen LogP contribution < -0.4 is 5.09 Å². The molecule has 1 atom stereocenters. The average molecular weight is 621 g/mol. The molecule has 1 heterocycles. The van der Waals surface area contributed by atoms with E-state index in [0.717, 1.165) is 18.5 Å². The van der Waals surface area contributed by atoms with Crippen LogP contribution in [0.3, 0.4) is 0 Å². The van der Waals surface area contributed by atoms with Crippen LogP contribution >= 0.6 is 73.5 Å². The molecular weight excluding hydrogens is 591 g/mol. The van der Waals surface area contributed by atoms with Crippen molar-refractivity contribution in [1.82, 2.24) is 9.76 Å². The molecule has 1 aromatic rings. The van der Waals surface area contributed by atoms with Crippen LogP contribution in [0, 0.1) is 0 Å². The van der Waals surface area contributed by atoms with E-state index in [-0.39, 0.29) is 19.0 Å². The van der Waals surface area contributed by atoms with Gasteiger partial charge in [-0.05, 0) is 38.5 Å². The summed E-state index contributed by atoms with van der Waals surface area (Å²) in [4.78, 5) is 0. The molecule has 1 unspecified atom stereocenters. The number of phosphoric acid groups is 1. The first-order chi connectivity index (χ1) is 16.2. The van der Waals surface area contributed by atoms with Crippen molar-refractivity contribution < 1.29 is 27.2 Å². The van der Waals surface area contributed by atoms with Gasteiger partial charge >= 0.3 is 15.5 Å². The van der Waals surface area contributed by atoms with Gasteiger partial charge in [0, 0.05) is 47.5 Å². The summed E-state index contributed by atoms with van der Waals surface area (Å²) in [6.07, 6.45) is 0.888. The van der Waals surface area contributed by atoms with Crippen molar-refractivity contribution in [2.45, 2.75) is 20.3 Å². The first-order valence-electron chi connectivity index (χ1n) is 10.4. The molecule has 8 nitrogen and oxygen atoms in total. The van der Waals surface area contributed by atoms with Crippen LogP contribution in [0.2, 0.25) is 10.0 Å². The van der Waals surface area contributed by atoms with Crippen LogP contribution in [0.15, 0.2) is 23.7 Å². The summed E-state index contributed by atoms with van der Waals surface area (Å²) in [7, 11) is -6.58. The molecule has 1 aliphatic rings. The van der Waals surface area contributed by atoms with Gasteiger partial charge in [0.15, 0.2) is 5.76 Å². The molecule has 1 fully saturated rings. The van der Waals surface area contributed by atoms with Crippen molar-refractivity contribution in [1.29, 1.82) is 0 Å². The van der Waals surface area contributed by atoms with Crippen LogP contribution in [0.4, 0.5) is 0 Å². The Hall–Kier alpha value is 0.470. The van der Waals surface area contributed by atoms with Crippen LogP contribution in [-0.2, 0) is 27.2 Å². The third kappa shape index (κ3) is 10.8. The SMILES string of the molecule is CCOP(=O)(OCC)OC(=CCl)c1ccc(Cl)cc1Cl.O=P1(N(CCCl)CCCl)NCCCO1. The molecule has 1 aromatic carbocycles. The summed E-state index contributed by atoms with van der Waals surface area (Å²) < 4.78 is 46.8. The van der Waals surface area contributed by atoms with Gasteiger partial charge in [-0.2, -0.15) is 0 Å². The number of hydrogen-bond donors (Lipinski definition) is 1. The Balaban J connectivity index is 0.000000362. The Kier molecular flexibility index (Phi) is 16.3. The van der Waals surface area contributed by atoms with E-state index in [1.54, 1.807) is 30.7 Å². The number of nitrogens with one attached hydrogen (secondary N) is 1. The number of nitrogens with zero attached hydrogens (tertiary/aromatic N) is 1. The number of alkyl halides is 2. The Labute approximate surface area is 226 Å². The summed E-state index contributed by atoms with van der Waals surface area (Å²) in [6.45, 7) is 5.99. The fourth-order valence-corrected chi connectivity index (χ4v) is 7.19. The molecule has 0 saturated carbocycles. The smallest absolute Gasteiger partial charge is 0.402 e. The molecule has 196 valence electrons. The third-order valence-corrected chi connectivity index (χ3v) is 8.99. The lowest BCUT2D eigenvalue weighted by Crippen LogP contribution is -2.35. The highest BCUT2D eigenvalue weighted by molar-refractivity contribution is 7.54. The second kappa shape index (κ2) is 17.1.